The van der Waals surface area contributed by atoms with E-state index in [0.717, 1.165) is 6.42 Å². The van der Waals surface area contributed by atoms with Crippen LogP contribution in [0.3, 0.4) is 0 Å². The monoisotopic (exact) mass is 662 g/mol. The van der Waals surface area contributed by atoms with Gasteiger partial charge in [-0.15, -0.1) is 5.56 Å². The first kappa shape index (κ1) is 37.4. The second-order valence-corrected chi connectivity index (χ2v) is 13.9. The number of benzene rings is 3. The fraction of sp³-hybridized carbons (Fsp3) is 0.368. The molecule has 1 aliphatic rings. The van der Waals surface area contributed by atoms with Gasteiger partial charge in [0.1, 0.15) is 0 Å². The zero-order valence-corrected chi connectivity index (χ0v) is 30.8. The molecule has 0 heterocycles. The molecule has 0 unspecified atom stereocenters. The fourth-order valence-electron chi connectivity index (χ4n) is 4.78. The van der Waals surface area contributed by atoms with E-state index in [9.17, 15) is 0 Å². The summed E-state index contributed by atoms with van der Waals surface area (Å²) in [4.78, 5) is 0. The van der Waals surface area contributed by atoms with Gasteiger partial charge in [0.2, 0.25) is 0 Å². The van der Waals surface area contributed by atoms with Gasteiger partial charge in [-0.2, -0.15) is 57.6 Å². The number of hydrogen-bond acceptors (Lipinski definition) is 0. The number of rotatable bonds is 1. The Morgan fingerprint density at radius 3 is 1.78 bits per heavy atom. The van der Waals surface area contributed by atoms with Gasteiger partial charge >= 0.3 is 70.3 Å². The van der Waals surface area contributed by atoms with Crippen LogP contribution in [-0.4, -0.2) is 3.71 Å². The molecule has 0 nitrogen and oxygen atoms in total. The molecule has 0 aliphatic heterocycles. The molecule has 0 atom stereocenters. The van der Waals surface area contributed by atoms with E-state index in [1.54, 1.807) is 0 Å². The summed E-state index contributed by atoms with van der Waals surface area (Å²) in [5, 5.41) is 0. The summed E-state index contributed by atoms with van der Waals surface area (Å²) in [5.74, 6) is 0. The molecule has 0 bridgehead atoms. The minimum absolute atomic E-state index is 0. The van der Waals surface area contributed by atoms with Gasteiger partial charge < -0.3 is 24.8 Å². The topological polar surface area (TPSA) is 0 Å². The third-order valence-corrected chi connectivity index (χ3v) is 8.77. The van der Waals surface area contributed by atoms with Crippen LogP contribution in [0.25, 0.3) is 11.1 Å². The maximum atomic E-state index is 3.53. The number of hydrogen-bond donors (Lipinski definition) is 0. The molecule has 0 radical (unpaired) electrons. The Morgan fingerprint density at radius 1 is 0.780 bits per heavy atom. The van der Waals surface area contributed by atoms with Crippen LogP contribution in [-0.2, 0) is 41.5 Å². The van der Waals surface area contributed by atoms with Gasteiger partial charge in [0, 0.05) is 0 Å². The summed E-state index contributed by atoms with van der Waals surface area (Å²) in [5.41, 5.74) is 17.2. The quantitative estimate of drug-likeness (QED) is 0.238. The molecular formula is C38H46Cl2Zr-2. The van der Waals surface area contributed by atoms with Gasteiger partial charge in [-0.3, -0.25) is 0 Å². The summed E-state index contributed by atoms with van der Waals surface area (Å²) in [7, 11) is 0. The van der Waals surface area contributed by atoms with E-state index in [4.69, 9.17) is 0 Å². The molecule has 0 saturated heterocycles. The van der Waals surface area contributed by atoms with Crippen LogP contribution < -0.4 is 24.8 Å². The predicted octanol–water partition coefficient (Wildman–Crippen LogP) is 3.99. The first-order valence-electron chi connectivity index (χ1n) is 14.1. The molecule has 0 aromatic heterocycles. The van der Waals surface area contributed by atoms with Crippen molar-refractivity contribution in [3.8, 4) is 11.1 Å². The van der Waals surface area contributed by atoms with Gasteiger partial charge in [0.05, 0.1) is 0 Å². The Morgan fingerprint density at radius 2 is 1.34 bits per heavy atom. The molecule has 1 aliphatic carbocycles. The van der Waals surface area contributed by atoms with Crippen molar-refractivity contribution in [2.24, 2.45) is 0 Å². The predicted molar refractivity (Wildman–Crippen MR) is 168 cm³/mol. The van der Waals surface area contributed by atoms with Gasteiger partial charge in [-0.1, -0.05) is 104 Å². The molecule has 41 heavy (non-hydrogen) atoms. The van der Waals surface area contributed by atoms with Crippen molar-refractivity contribution in [2.75, 3.05) is 0 Å². The second kappa shape index (κ2) is 15.2. The molecule has 0 amide bonds. The van der Waals surface area contributed by atoms with Crippen LogP contribution in [0.2, 0.25) is 0 Å². The van der Waals surface area contributed by atoms with Crippen LogP contribution in [0.15, 0.2) is 60.7 Å². The van der Waals surface area contributed by atoms with Crippen molar-refractivity contribution in [3.05, 3.63) is 122 Å². The van der Waals surface area contributed by atoms with Crippen molar-refractivity contribution in [3.63, 3.8) is 0 Å². The second-order valence-electron chi connectivity index (χ2n) is 13.1. The Balaban J connectivity index is 0.000000351. The largest absolute Gasteiger partial charge is 1.00 e. The van der Waals surface area contributed by atoms with E-state index in [1.165, 1.54) is 91.0 Å². The van der Waals surface area contributed by atoms with E-state index in [1.807, 2.05) is 0 Å². The fourth-order valence-corrected chi connectivity index (χ4v) is 5.25. The Hall–Kier alpha value is -1.66. The minimum atomic E-state index is 0. The molecule has 5 rings (SSSR count). The molecule has 0 spiro atoms. The number of fused-ring (bicyclic) bond motifs is 3. The van der Waals surface area contributed by atoms with E-state index in [2.05, 4.69) is 147 Å². The zero-order chi connectivity index (χ0) is 29.1. The molecule has 3 heteroatoms. The molecule has 0 saturated carbocycles. The summed E-state index contributed by atoms with van der Waals surface area (Å²) in [6.45, 7) is 24.4. The number of halogens is 2. The third kappa shape index (κ3) is 9.68. The Labute approximate surface area is 277 Å². The van der Waals surface area contributed by atoms with Crippen LogP contribution >= 0.6 is 0 Å². The third-order valence-electron chi connectivity index (χ3n) is 7.95. The normalized spacial score (nSPS) is 11.4. The Kier molecular flexibility index (Phi) is 13.8. The van der Waals surface area contributed by atoms with E-state index >= 15 is 0 Å². The maximum absolute atomic E-state index is 3.53. The van der Waals surface area contributed by atoms with Crippen molar-refractivity contribution in [1.82, 2.24) is 0 Å². The first-order chi connectivity index (χ1) is 18.1. The summed E-state index contributed by atoms with van der Waals surface area (Å²) < 4.78 is 2.19. The Bertz CT molecular complexity index is 1360. The smallest absolute Gasteiger partial charge is 1.00 e. The van der Waals surface area contributed by atoms with Crippen LogP contribution in [0.1, 0.15) is 97.2 Å². The standard InChI is InChI=1S/C21H25.C9H13.C8H8.2ClH.Zr/c1-20(2,3)16-9-7-14-11-15-8-10-17(21(4,5)6)13-19(15)18(14)12-16;1-6-5-7(2)9(4)8(6)3;1-7-3-5-8(2)6-4-7;;;/h7,9-10,12-13H,11H2,1-6H3;5H,1-4H3;1,3-6H,2H3;2*1H;/q2*-1;;;;+2/p-2. The zero-order valence-electron chi connectivity index (χ0n) is 26.8. The maximum Gasteiger partial charge on any atom is -1.00 e. The molecular weight excluding hydrogens is 619 g/mol. The SMILES string of the molecule is CC(C)(C)c1c[c-]c2c(c1)-c1cc(C(C)(C)C)ccc1C2.Cc1c[c-](C)c(C)c1C.Cc1ccc([CH]=[Zr+2])cc1.[Cl-].[Cl-]. The van der Waals surface area contributed by atoms with Crippen molar-refractivity contribution < 1.29 is 49.0 Å². The molecule has 0 fully saturated rings. The molecule has 4 aromatic rings. The van der Waals surface area contributed by atoms with E-state index in [0.29, 0.717) is 0 Å². The first-order valence-corrected chi connectivity index (χ1v) is 15.5. The summed E-state index contributed by atoms with van der Waals surface area (Å²) in [6, 6.07) is 25.9. The van der Waals surface area contributed by atoms with Crippen molar-refractivity contribution >= 4 is 3.71 Å². The number of aryl methyl sites for hydroxylation is 3. The summed E-state index contributed by atoms with van der Waals surface area (Å²) >= 11 is 1.47. The van der Waals surface area contributed by atoms with Crippen LogP contribution in [0, 0.1) is 40.7 Å². The van der Waals surface area contributed by atoms with Gasteiger partial charge in [0.25, 0.3) is 0 Å². The van der Waals surface area contributed by atoms with Crippen molar-refractivity contribution in [1.29, 1.82) is 0 Å². The molecule has 0 N–H and O–H groups in total. The van der Waals surface area contributed by atoms with Crippen LogP contribution in [0.5, 0.6) is 0 Å². The summed E-state index contributed by atoms with van der Waals surface area (Å²) in [6.07, 6.45) is 1.03. The van der Waals surface area contributed by atoms with Gasteiger partial charge in [-0.05, 0) is 17.4 Å². The average Bonchev–Trinajstić information content (AvgIpc) is 3.35. The van der Waals surface area contributed by atoms with Gasteiger partial charge in [-0.25, -0.2) is 0 Å². The average molecular weight is 665 g/mol. The minimum Gasteiger partial charge on any atom is -1.00 e. The molecule has 4 aromatic carbocycles. The molecule has 218 valence electrons. The van der Waals surface area contributed by atoms with E-state index in [-0.39, 0.29) is 35.6 Å². The van der Waals surface area contributed by atoms with Gasteiger partial charge in [0.15, 0.2) is 0 Å². The van der Waals surface area contributed by atoms with E-state index < -0.39 is 0 Å². The van der Waals surface area contributed by atoms with Crippen molar-refractivity contribution in [2.45, 2.75) is 93.4 Å². The van der Waals surface area contributed by atoms with Crippen LogP contribution in [0.4, 0.5) is 0 Å².